The SMILES string of the molecule is C=CC(=O)N1C[C@H](C)N(C2NC(=O)N3C4NC(C(F)CC42)C2CNNN2CC=CCC2CCNC(C(C)C)C23)C[C@H]1C. The zero-order valence-corrected chi connectivity index (χ0v) is 25.5. The van der Waals surface area contributed by atoms with E-state index in [2.05, 4.69) is 81.2 Å². The molecule has 12 heteroatoms. The highest BCUT2D eigenvalue weighted by molar-refractivity contribution is 5.87. The Morgan fingerprint density at radius 2 is 1.98 bits per heavy atom. The molecule has 0 spiro atoms. The lowest BCUT2D eigenvalue weighted by Crippen LogP contribution is -2.80. The van der Waals surface area contributed by atoms with Crippen molar-refractivity contribution in [1.82, 2.24) is 46.6 Å². The number of halogens is 1. The van der Waals surface area contributed by atoms with Gasteiger partial charge in [-0.25, -0.2) is 19.6 Å². The van der Waals surface area contributed by atoms with Gasteiger partial charge in [-0.1, -0.05) is 32.6 Å². The summed E-state index contributed by atoms with van der Waals surface area (Å²) in [6.45, 7) is 15.6. The Kier molecular flexibility index (Phi) is 8.65. The molecule has 3 amide bonds. The molecule has 0 aliphatic carbocycles. The Hall–Kier alpha value is -2.09. The van der Waals surface area contributed by atoms with Crippen LogP contribution in [0.25, 0.3) is 0 Å². The van der Waals surface area contributed by atoms with Crippen molar-refractivity contribution in [3.8, 4) is 0 Å². The first-order valence-corrected chi connectivity index (χ1v) is 16.0. The number of carbonyl (C=O) groups excluding carboxylic acids is 2. The van der Waals surface area contributed by atoms with E-state index in [4.69, 9.17) is 0 Å². The number of hydrazine groups is 2. The standard InChI is InChI=1S/C30H50FN9O2/c1-6-24(41)37-15-19(5)38(16-18(37)4)28-21-13-22(31)26-23-14-33-36-39(23)12-8-7-9-20-10-11-32-25(17(2)3)27(20)40(29(21)34-26)30(42)35-28/h6-8,17-23,25-29,32-34,36H,1,9-16H2,2-5H3,(H,35,42)/t18-,19+,20?,21?,22?,23?,25?,26?,27?,28?,29?/m1/s1. The fourth-order valence-electron chi connectivity index (χ4n) is 8.66. The molecule has 6 rings (SSSR count). The van der Waals surface area contributed by atoms with E-state index in [1.807, 2.05) is 11.8 Å². The van der Waals surface area contributed by atoms with Gasteiger partial charge in [0.05, 0.1) is 30.5 Å². The average Bonchev–Trinajstić information content (AvgIpc) is 3.43. The maximum absolute atomic E-state index is 16.4. The number of alkyl halides is 1. The number of carbonyl (C=O) groups is 2. The second-order valence-electron chi connectivity index (χ2n) is 13.6. The molecule has 0 aromatic carbocycles. The smallest absolute Gasteiger partial charge is 0.320 e. The van der Waals surface area contributed by atoms with Gasteiger partial charge in [0.25, 0.3) is 0 Å². The van der Waals surface area contributed by atoms with Crippen LogP contribution in [0.5, 0.6) is 0 Å². The van der Waals surface area contributed by atoms with Crippen molar-refractivity contribution in [3.05, 3.63) is 24.8 Å². The average molecular weight is 588 g/mol. The summed E-state index contributed by atoms with van der Waals surface area (Å²) in [6.07, 6.45) is 6.32. The summed E-state index contributed by atoms with van der Waals surface area (Å²) in [4.78, 5) is 33.2. The number of amides is 3. The highest BCUT2D eigenvalue weighted by Crippen LogP contribution is 2.40. The van der Waals surface area contributed by atoms with Gasteiger partial charge in [0.2, 0.25) is 5.91 Å². The number of piperidine rings is 2. The van der Waals surface area contributed by atoms with E-state index in [1.54, 1.807) is 0 Å². The number of hydrogen-bond donors (Lipinski definition) is 5. The summed E-state index contributed by atoms with van der Waals surface area (Å²) >= 11 is 0. The van der Waals surface area contributed by atoms with E-state index in [1.165, 1.54) is 6.08 Å². The van der Waals surface area contributed by atoms with Gasteiger partial charge >= 0.3 is 6.03 Å². The summed E-state index contributed by atoms with van der Waals surface area (Å²) in [7, 11) is 0. The first-order chi connectivity index (χ1) is 20.2. The summed E-state index contributed by atoms with van der Waals surface area (Å²) < 4.78 is 16.4. The Balaban J connectivity index is 1.38. The van der Waals surface area contributed by atoms with Crippen molar-refractivity contribution >= 4 is 11.9 Å². The zero-order valence-electron chi connectivity index (χ0n) is 25.5. The fourth-order valence-corrected chi connectivity index (χ4v) is 8.66. The van der Waals surface area contributed by atoms with Crippen LogP contribution in [0.1, 0.15) is 47.0 Å². The van der Waals surface area contributed by atoms with Gasteiger partial charge in [-0.2, -0.15) is 5.53 Å². The van der Waals surface area contributed by atoms with Crippen LogP contribution in [0.15, 0.2) is 24.8 Å². The van der Waals surface area contributed by atoms with Gasteiger partial charge in [0.15, 0.2) is 0 Å². The molecule has 6 aliphatic rings. The van der Waals surface area contributed by atoms with Crippen molar-refractivity contribution in [3.63, 3.8) is 0 Å². The third-order valence-electron chi connectivity index (χ3n) is 10.8. The minimum atomic E-state index is -1.08. The molecule has 5 fully saturated rings. The van der Waals surface area contributed by atoms with Gasteiger partial charge in [-0.05, 0) is 57.6 Å². The summed E-state index contributed by atoms with van der Waals surface area (Å²) in [6, 6.07) is -0.526. The summed E-state index contributed by atoms with van der Waals surface area (Å²) in [5, 5.41) is 13.0. The number of rotatable bonds is 3. The molecular weight excluding hydrogens is 537 g/mol. The molecule has 5 N–H and O–H groups in total. The van der Waals surface area contributed by atoms with Gasteiger partial charge in [0, 0.05) is 50.2 Å². The molecule has 6 heterocycles. The quantitative estimate of drug-likeness (QED) is 0.243. The predicted octanol–water partition coefficient (Wildman–Crippen LogP) is 0.743. The van der Waals surface area contributed by atoms with Crippen molar-refractivity contribution < 1.29 is 14.0 Å². The van der Waals surface area contributed by atoms with Gasteiger partial charge < -0.3 is 20.4 Å². The van der Waals surface area contributed by atoms with Crippen molar-refractivity contribution in [1.29, 1.82) is 0 Å². The normalized spacial score (nSPS) is 43.2. The molecule has 11 atom stereocenters. The first kappa shape index (κ1) is 30.0. The van der Waals surface area contributed by atoms with Crippen LogP contribution in [-0.2, 0) is 4.79 Å². The van der Waals surface area contributed by atoms with Gasteiger partial charge in [-0.15, -0.1) is 0 Å². The highest BCUT2D eigenvalue weighted by atomic mass is 19.1. The molecule has 9 unspecified atom stereocenters. The molecule has 0 aromatic rings. The van der Waals surface area contributed by atoms with Crippen LogP contribution in [0.2, 0.25) is 0 Å². The van der Waals surface area contributed by atoms with E-state index in [-0.39, 0.29) is 60.4 Å². The largest absolute Gasteiger partial charge is 0.334 e. The molecular formula is C30H50FN9O2. The molecule has 234 valence electrons. The predicted molar refractivity (Wildman–Crippen MR) is 159 cm³/mol. The zero-order chi connectivity index (χ0) is 29.7. The summed E-state index contributed by atoms with van der Waals surface area (Å²) in [5.41, 5.74) is 6.46. The Morgan fingerprint density at radius 1 is 1.17 bits per heavy atom. The maximum Gasteiger partial charge on any atom is 0.320 e. The second kappa shape index (κ2) is 12.1. The molecule has 11 nitrogen and oxygen atoms in total. The lowest BCUT2D eigenvalue weighted by molar-refractivity contribution is -0.136. The van der Waals surface area contributed by atoms with Crippen molar-refractivity contribution in [2.24, 2.45) is 17.8 Å². The number of fused-ring (bicyclic) bond motifs is 5. The van der Waals surface area contributed by atoms with E-state index in [0.29, 0.717) is 44.4 Å². The Morgan fingerprint density at radius 3 is 2.74 bits per heavy atom. The highest BCUT2D eigenvalue weighted by Gasteiger charge is 2.56. The first-order valence-electron chi connectivity index (χ1n) is 16.0. The molecule has 0 saturated carbocycles. The minimum absolute atomic E-state index is 0.000324. The van der Waals surface area contributed by atoms with Crippen LogP contribution >= 0.6 is 0 Å². The number of piperazine rings is 1. The lowest BCUT2D eigenvalue weighted by atomic mass is 9.76. The third kappa shape index (κ3) is 5.28. The number of nitrogens with one attached hydrogen (secondary N) is 5. The molecule has 5 saturated heterocycles. The molecule has 2 bridgehead atoms. The number of hydrogen-bond acceptors (Lipinski definition) is 8. The Labute approximate surface area is 249 Å². The molecule has 42 heavy (non-hydrogen) atoms. The number of nitrogens with zero attached hydrogens (tertiary/aromatic N) is 4. The van der Waals surface area contributed by atoms with Crippen LogP contribution in [0.4, 0.5) is 9.18 Å². The topological polar surface area (TPSA) is 107 Å². The van der Waals surface area contributed by atoms with E-state index >= 15 is 4.39 Å². The van der Waals surface area contributed by atoms with Gasteiger partial charge in [-0.3, -0.25) is 15.0 Å². The number of urea groups is 1. The summed E-state index contributed by atoms with van der Waals surface area (Å²) in [5.74, 6) is 0.400. The number of allylic oxidation sites excluding steroid dienone is 1. The lowest BCUT2D eigenvalue weighted by Gasteiger charge is -2.60. The second-order valence-corrected chi connectivity index (χ2v) is 13.6. The van der Waals surface area contributed by atoms with Crippen molar-refractivity contribution in [2.75, 3.05) is 32.7 Å². The van der Waals surface area contributed by atoms with E-state index in [0.717, 1.165) is 19.4 Å². The van der Waals surface area contributed by atoms with Crippen LogP contribution < -0.4 is 26.9 Å². The van der Waals surface area contributed by atoms with Gasteiger partial charge in [0.1, 0.15) is 6.17 Å². The monoisotopic (exact) mass is 587 g/mol. The van der Waals surface area contributed by atoms with E-state index in [9.17, 15) is 9.59 Å². The van der Waals surface area contributed by atoms with E-state index < -0.39 is 12.2 Å². The minimum Gasteiger partial charge on any atom is -0.334 e. The van der Waals surface area contributed by atoms with Crippen molar-refractivity contribution in [2.45, 2.75) is 102 Å². The van der Waals surface area contributed by atoms with Crippen LogP contribution in [0, 0.1) is 17.8 Å². The molecule has 0 radical (unpaired) electrons. The molecule has 6 aliphatic heterocycles. The maximum atomic E-state index is 16.4. The van der Waals surface area contributed by atoms with Crippen LogP contribution in [-0.4, -0.2) is 119 Å². The fraction of sp³-hybridized carbons (Fsp3) is 0.800. The Bertz CT molecular complexity index is 1060. The van der Waals surface area contributed by atoms with Crippen LogP contribution in [0.3, 0.4) is 0 Å². The molecule has 0 aromatic heterocycles. The third-order valence-corrected chi connectivity index (χ3v) is 10.8.